The summed E-state index contributed by atoms with van der Waals surface area (Å²) < 4.78 is 5.60. The Labute approximate surface area is 166 Å². The summed E-state index contributed by atoms with van der Waals surface area (Å²) in [6, 6.07) is 13.5. The van der Waals surface area contributed by atoms with Crippen LogP contribution in [0.25, 0.3) is 0 Å². The van der Waals surface area contributed by atoms with Crippen molar-refractivity contribution in [1.82, 2.24) is 10.2 Å². The Hall–Kier alpha value is -2.82. The van der Waals surface area contributed by atoms with Gasteiger partial charge in [0.05, 0.1) is 0 Å². The fraction of sp³-hybridized carbons (Fsp3) is 0.391. The number of carbonyl (C=O) groups excluding carboxylic acids is 2. The summed E-state index contributed by atoms with van der Waals surface area (Å²) in [5, 5.41) is 3.02. The second kappa shape index (κ2) is 8.91. The van der Waals surface area contributed by atoms with Gasteiger partial charge in [0.15, 0.2) is 6.61 Å². The van der Waals surface area contributed by atoms with Gasteiger partial charge in [-0.05, 0) is 68.5 Å². The minimum Gasteiger partial charge on any atom is -0.484 e. The van der Waals surface area contributed by atoms with Gasteiger partial charge in [-0.1, -0.05) is 24.3 Å². The number of nitrogens with zero attached hydrogens (tertiary/aromatic N) is 1. The Morgan fingerprint density at radius 1 is 1.00 bits per heavy atom. The van der Waals surface area contributed by atoms with Crippen LogP contribution in [0, 0.1) is 20.8 Å². The van der Waals surface area contributed by atoms with Crippen molar-refractivity contribution in [3.05, 3.63) is 64.7 Å². The molecular weight excluding hydrogens is 352 g/mol. The molecule has 5 heteroatoms. The fourth-order valence-electron chi connectivity index (χ4n) is 3.43. The molecule has 3 rings (SSSR count). The molecule has 0 saturated carbocycles. The Bertz CT molecular complexity index is 855. The Balaban J connectivity index is 1.45. The summed E-state index contributed by atoms with van der Waals surface area (Å²) in [6.07, 6.45) is 1.51. The summed E-state index contributed by atoms with van der Waals surface area (Å²) in [4.78, 5) is 26.8. The van der Waals surface area contributed by atoms with E-state index in [1.807, 2.05) is 68.1 Å². The van der Waals surface area contributed by atoms with Crippen molar-refractivity contribution in [3.8, 4) is 5.75 Å². The zero-order valence-electron chi connectivity index (χ0n) is 16.8. The van der Waals surface area contributed by atoms with E-state index in [2.05, 4.69) is 5.32 Å². The highest BCUT2D eigenvalue weighted by molar-refractivity contribution is 5.95. The molecule has 2 aromatic rings. The van der Waals surface area contributed by atoms with Crippen LogP contribution >= 0.6 is 0 Å². The normalized spacial score (nSPS) is 14.6. The second-order valence-corrected chi connectivity index (χ2v) is 7.48. The third-order valence-corrected chi connectivity index (χ3v) is 5.37. The van der Waals surface area contributed by atoms with E-state index in [1.165, 1.54) is 5.56 Å². The van der Waals surface area contributed by atoms with Gasteiger partial charge in [-0.15, -0.1) is 0 Å². The summed E-state index contributed by atoms with van der Waals surface area (Å²) in [5.41, 5.74) is 4.09. The maximum atomic E-state index is 12.7. The molecule has 1 fully saturated rings. The van der Waals surface area contributed by atoms with Crippen molar-refractivity contribution in [1.29, 1.82) is 0 Å². The van der Waals surface area contributed by atoms with E-state index in [-0.39, 0.29) is 24.5 Å². The summed E-state index contributed by atoms with van der Waals surface area (Å²) >= 11 is 0. The lowest BCUT2D eigenvalue weighted by Gasteiger charge is -2.32. The molecule has 1 N–H and O–H groups in total. The summed E-state index contributed by atoms with van der Waals surface area (Å²) in [5.74, 6) is 0.653. The molecule has 0 spiro atoms. The summed E-state index contributed by atoms with van der Waals surface area (Å²) in [7, 11) is 0. The molecule has 0 unspecified atom stereocenters. The number of hydrogen-bond acceptors (Lipinski definition) is 3. The van der Waals surface area contributed by atoms with E-state index >= 15 is 0 Å². The molecule has 0 aliphatic carbocycles. The zero-order valence-corrected chi connectivity index (χ0v) is 16.8. The van der Waals surface area contributed by atoms with Crippen LogP contribution in [-0.4, -0.2) is 42.5 Å². The number of hydrogen-bond donors (Lipinski definition) is 1. The number of amides is 2. The van der Waals surface area contributed by atoms with Gasteiger partial charge in [0, 0.05) is 24.7 Å². The van der Waals surface area contributed by atoms with Crippen LogP contribution in [-0.2, 0) is 4.79 Å². The number of ether oxygens (including phenoxy) is 1. The van der Waals surface area contributed by atoms with Crippen LogP contribution in [0.3, 0.4) is 0 Å². The van der Waals surface area contributed by atoms with Gasteiger partial charge in [-0.3, -0.25) is 9.59 Å². The van der Waals surface area contributed by atoms with Crippen molar-refractivity contribution < 1.29 is 14.3 Å². The third-order valence-electron chi connectivity index (χ3n) is 5.37. The highest BCUT2D eigenvalue weighted by Crippen LogP contribution is 2.18. The van der Waals surface area contributed by atoms with Gasteiger partial charge < -0.3 is 15.0 Å². The average molecular weight is 380 g/mol. The first-order valence-corrected chi connectivity index (χ1v) is 9.78. The summed E-state index contributed by atoms with van der Waals surface area (Å²) in [6.45, 7) is 7.32. The predicted molar refractivity (Wildman–Crippen MR) is 110 cm³/mol. The number of aryl methyl sites for hydroxylation is 3. The largest absolute Gasteiger partial charge is 0.484 e. The lowest BCUT2D eigenvalue weighted by Crippen LogP contribution is -2.47. The van der Waals surface area contributed by atoms with Crippen molar-refractivity contribution in [3.63, 3.8) is 0 Å². The molecule has 0 radical (unpaired) electrons. The molecule has 28 heavy (non-hydrogen) atoms. The van der Waals surface area contributed by atoms with Crippen LogP contribution < -0.4 is 10.1 Å². The highest BCUT2D eigenvalue weighted by atomic mass is 16.5. The van der Waals surface area contributed by atoms with Crippen molar-refractivity contribution in [2.75, 3.05) is 19.7 Å². The molecular formula is C23H28N2O3. The van der Waals surface area contributed by atoms with Crippen LogP contribution in [0.15, 0.2) is 42.5 Å². The molecule has 148 valence electrons. The fourth-order valence-corrected chi connectivity index (χ4v) is 3.43. The van der Waals surface area contributed by atoms with Gasteiger partial charge in [0.25, 0.3) is 11.8 Å². The van der Waals surface area contributed by atoms with E-state index in [1.54, 1.807) is 0 Å². The minimum atomic E-state index is -0.123. The van der Waals surface area contributed by atoms with Gasteiger partial charge in [0.1, 0.15) is 5.75 Å². The number of likely N-dealkylation sites (tertiary alicyclic amines) is 1. The van der Waals surface area contributed by atoms with Crippen molar-refractivity contribution >= 4 is 11.8 Å². The third kappa shape index (κ3) is 4.91. The van der Waals surface area contributed by atoms with Crippen LogP contribution in [0.5, 0.6) is 5.75 Å². The van der Waals surface area contributed by atoms with Gasteiger partial charge in [0.2, 0.25) is 0 Å². The monoisotopic (exact) mass is 380 g/mol. The number of benzene rings is 2. The predicted octanol–water partition coefficient (Wildman–Crippen LogP) is 3.41. The number of rotatable bonds is 5. The van der Waals surface area contributed by atoms with E-state index < -0.39 is 0 Å². The molecule has 1 aliphatic heterocycles. The van der Waals surface area contributed by atoms with Crippen LogP contribution in [0.1, 0.15) is 39.9 Å². The molecule has 1 aliphatic rings. The number of carbonyl (C=O) groups is 2. The number of piperidine rings is 1. The van der Waals surface area contributed by atoms with E-state index in [4.69, 9.17) is 4.74 Å². The molecule has 5 nitrogen and oxygen atoms in total. The maximum Gasteiger partial charge on any atom is 0.258 e. The van der Waals surface area contributed by atoms with E-state index in [0.717, 1.165) is 29.5 Å². The topological polar surface area (TPSA) is 58.6 Å². The lowest BCUT2D eigenvalue weighted by molar-refractivity contribution is -0.124. The SMILES string of the molecule is Cc1ccc(OCC(=O)NC2CCN(C(=O)c3ccccc3C)CC2)cc1C. The van der Waals surface area contributed by atoms with E-state index in [9.17, 15) is 9.59 Å². The standard InChI is InChI=1S/C23H28N2O3/c1-16-8-9-20(14-18(16)3)28-15-22(26)24-19-10-12-25(13-11-19)23(27)21-7-5-4-6-17(21)2/h4-9,14,19H,10-13,15H2,1-3H3,(H,24,26). The number of nitrogens with one attached hydrogen (secondary N) is 1. The molecule has 0 aromatic heterocycles. The first kappa shape index (κ1) is 19.9. The molecule has 0 bridgehead atoms. The highest BCUT2D eigenvalue weighted by Gasteiger charge is 2.25. The van der Waals surface area contributed by atoms with Crippen molar-refractivity contribution in [2.24, 2.45) is 0 Å². The molecule has 1 heterocycles. The molecule has 1 saturated heterocycles. The quantitative estimate of drug-likeness (QED) is 0.865. The Morgan fingerprint density at radius 2 is 1.71 bits per heavy atom. The molecule has 2 aromatic carbocycles. The van der Waals surface area contributed by atoms with E-state index in [0.29, 0.717) is 18.8 Å². The van der Waals surface area contributed by atoms with Crippen LogP contribution in [0.2, 0.25) is 0 Å². The maximum absolute atomic E-state index is 12.7. The first-order valence-electron chi connectivity index (χ1n) is 9.78. The zero-order chi connectivity index (χ0) is 20.1. The molecule has 2 amide bonds. The van der Waals surface area contributed by atoms with Gasteiger partial charge in [-0.2, -0.15) is 0 Å². The first-order chi connectivity index (χ1) is 13.4. The van der Waals surface area contributed by atoms with Gasteiger partial charge >= 0.3 is 0 Å². The Morgan fingerprint density at radius 3 is 2.39 bits per heavy atom. The average Bonchev–Trinajstić information content (AvgIpc) is 2.69. The lowest BCUT2D eigenvalue weighted by atomic mass is 10.0. The minimum absolute atomic E-state index is 0.00482. The molecule has 0 atom stereocenters. The van der Waals surface area contributed by atoms with Crippen molar-refractivity contribution in [2.45, 2.75) is 39.7 Å². The second-order valence-electron chi connectivity index (χ2n) is 7.48. The van der Waals surface area contributed by atoms with Crippen LogP contribution in [0.4, 0.5) is 0 Å². The van der Waals surface area contributed by atoms with Gasteiger partial charge in [-0.25, -0.2) is 0 Å². The smallest absolute Gasteiger partial charge is 0.258 e. The Kier molecular flexibility index (Phi) is 6.34.